The summed E-state index contributed by atoms with van der Waals surface area (Å²) in [5.41, 5.74) is 2.92. The van der Waals surface area contributed by atoms with Crippen molar-refractivity contribution in [1.82, 2.24) is 0 Å². The fourth-order valence-corrected chi connectivity index (χ4v) is 2.95. The second kappa shape index (κ2) is 13.4. The zero-order chi connectivity index (χ0) is 17.5. The Bertz CT molecular complexity index is 456. The molecule has 0 aliphatic heterocycles. The van der Waals surface area contributed by atoms with E-state index in [0.717, 1.165) is 19.3 Å². The highest BCUT2D eigenvalue weighted by Crippen LogP contribution is 2.13. The van der Waals surface area contributed by atoms with Gasteiger partial charge in [0, 0.05) is 8.49 Å². The number of anilines is 1. The summed E-state index contributed by atoms with van der Waals surface area (Å²) >= 11 is 0. The largest absolute Gasteiger partial charge is 0.569 e. The average molecular weight is 358 g/mol. The van der Waals surface area contributed by atoms with Crippen LogP contribution in [-0.2, 0) is 28.0 Å². The third-order valence-corrected chi connectivity index (χ3v) is 4.50. The predicted octanol–water partition coefficient (Wildman–Crippen LogP) is 5.64. The van der Waals surface area contributed by atoms with Gasteiger partial charge in [0.1, 0.15) is 11.2 Å². The highest BCUT2D eigenvalue weighted by atomic mass is 32.3. The smallest absolute Gasteiger partial charge is 0.211 e. The quantitative estimate of drug-likeness (QED) is 0.250. The van der Waals surface area contributed by atoms with Crippen molar-refractivity contribution in [1.29, 1.82) is 0 Å². The lowest BCUT2D eigenvalue weighted by molar-refractivity contribution is 0.171. The van der Waals surface area contributed by atoms with E-state index in [9.17, 15) is 8.76 Å². The van der Waals surface area contributed by atoms with Crippen LogP contribution in [0.4, 0.5) is 5.69 Å². The molecular weight excluding hydrogens is 326 g/mol. The second-order valence-electron chi connectivity index (χ2n) is 5.96. The minimum Gasteiger partial charge on any atom is -0.211 e. The number of benzene rings is 1. The molecule has 1 unspecified atom stereocenters. The Labute approximate surface area is 147 Å². The van der Waals surface area contributed by atoms with E-state index < -0.39 is 10.8 Å². The standard InChI is InChI=1S/C18H31NO4S/c1-2-3-4-5-6-7-8-9-10-14-17-22-24(20,21)23-19-18-15-12-11-13-16-18/h11-13,15-16,19H,2-10,14,17H2,1H3/q+1. The van der Waals surface area contributed by atoms with Crippen LogP contribution in [0.15, 0.2) is 30.3 Å². The van der Waals surface area contributed by atoms with Crippen LogP contribution in [0.25, 0.3) is 0 Å². The molecule has 0 aliphatic carbocycles. The monoisotopic (exact) mass is 357 g/mol. The molecule has 0 bridgehead atoms. The van der Waals surface area contributed by atoms with Crippen LogP contribution in [0.5, 0.6) is 0 Å². The molecule has 6 heteroatoms. The first kappa shape index (κ1) is 21.1. The van der Waals surface area contributed by atoms with Crippen molar-refractivity contribution < 1.29 is 17.2 Å². The van der Waals surface area contributed by atoms with Crippen molar-refractivity contribution in [3.05, 3.63) is 30.3 Å². The first-order valence-electron chi connectivity index (χ1n) is 9.03. The van der Waals surface area contributed by atoms with Gasteiger partial charge in [-0.15, -0.1) is 4.18 Å². The van der Waals surface area contributed by atoms with Gasteiger partial charge in [-0.2, -0.15) is 0 Å². The number of unbranched alkanes of at least 4 members (excludes halogenated alkanes) is 9. The lowest BCUT2D eigenvalue weighted by Gasteiger charge is -2.03. The van der Waals surface area contributed by atoms with Crippen LogP contribution in [-0.4, -0.2) is 6.61 Å². The second-order valence-corrected chi connectivity index (χ2v) is 7.18. The lowest BCUT2D eigenvalue weighted by atomic mass is 10.1. The van der Waals surface area contributed by atoms with Crippen LogP contribution in [0.1, 0.15) is 71.1 Å². The van der Waals surface area contributed by atoms with Gasteiger partial charge in [0.25, 0.3) is 0 Å². The molecule has 0 heterocycles. The topological polar surface area (TPSA) is 67.5 Å². The molecule has 1 aromatic carbocycles. The summed E-state index contributed by atoms with van der Waals surface area (Å²) in [6.45, 7) is 2.39. The van der Waals surface area contributed by atoms with Gasteiger partial charge in [-0.05, 0) is 18.6 Å². The minimum atomic E-state index is -4.00. The van der Waals surface area contributed by atoms with Gasteiger partial charge in [0.05, 0.1) is 5.69 Å². The highest BCUT2D eigenvalue weighted by molar-refractivity contribution is 7.88. The molecule has 0 aliphatic rings. The molecule has 0 spiro atoms. The van der Waals surface area contributed by atoms with E-state index in [2.05, 4.69) is 16.7 Å². The Balaban J connectivity index is 1.95. The molecule has 5 nitrogen and oxygen atoms in total. The number of rotatable bonds is 15. The van der Waals surface area contributed by atoms with E-state index in [4.69, 9.17) is 4.18 Å². The van der Waals surface area contributed by atoms with Crippen molar-refractivity contribution in [3.63, 3.8) is 0 Å². The average Bonchev–Trinajstić information content (AvgIpc) is 2.59. The first-order valence-corrected chi connectivity index (χ1v) is 10.4. The Hall–Kier alpha value is -0.950. The van der Waals surface area contributed by atoms with Gasteiger partial charge in [-0.3, -0.25) is 0 Å². The zero-order valence-electron chi connectivity index (χ0n) is 14.7. The summed E-state index contributed by atoms with van der Waals surface area (Å²) in [6, 6.07) is 8.81. The van der Waals surface area contributed by atoms with Gasteiger partial charge in [-0.1, -0.05) is 82.9 Å². The van der Waals surface area contributed by atoms with Gasteiger partial charge in [0.2, 0.25) is 0 Å². The van der Waals surface area contributed by atoms with E-state index in [-0.39, 0.29) is 6.61 Å². The fourth-order valence-electron chi connectivity index (χ4n) is 2.38. The molecule has 0 fully saturated rings. The predicted molar refractivity (Wildman–Crippen MR) is 97.7 cm³/mol. The van der Waals surface area contributed by atoms with Crippen LogP contribution in [0, 0.1) is 0 Å². The fraction of sp³-hybridized carbons (Fsp3) is 0.667. The molecule has 0 amide bonds. The minimum absolute atomic E-state index is 0.162. The third kappa shape index (κ3) is 11.6. The van der Waals surface area contributed by atoms with Crippen LogP contribution in [0.2, 0.25) is 0 Å². The third-order valence-electron chi connectivity index (χ3n) is 3.76. The van der Waals surface area contributed by atoms with E-state index in [0.29, 0.717) is 5.69 Å². The van der Waals surface area contributed by atoms with E-state index in [1.165, 1.54) is 44.9 Å². The van der Waals surface area contributed by atoms with E-state index in [1.807, 2.05) is 6.07 Å². The Kier molecular flexibility index (Phi) is 11.7. The summed E-state index contributed by atoms with van der Waals surface area (Å²) in [7, 11) is -4.00. The number of hydrogen-bond donors (Lipinski definition) is 1. The Morgan fingerprint density at radius 3 is 2.00 bits per heavy atom. The summed E-state index contributed by atoms with van der Waals surface area (Å²) in [4.78, 5) is 0. The maximum atomic E-state index is 11.6. The van der Waals surface area contributed by atoms with Crippen molar-refractivity contribution in [2.45, 2.75) is 71.1 Å². The van der Waals surface area contributed by atoms with Crippen molar-refractivity contribution in [2.75, 3.05) is 12.1 Å². The molecule has 1 aromatic rings. The molecule has 1 rings (SSSR count). The van der Waals surface area contributed by atoms with Gasteiger partial charge in [-0.25, -0.2) is 5.48 Å². The number of para-hydroxylation sites is 1. The summed E-state index contributed by atoms with van der Waals surface area (Å²) in [6.07, 6.45) is 11.9. The number of nitrogens with one attached hydrogen (secondary N) is 1. The summed E-state index contributed by atoms with van der Waals surface area (Å²) < 4.78 is 32.5. The first-order chi connectivity index (χ1) is 11.6. The Morgan fingerprint density at radius 2 is 1.42 bits per heavy atom. The lowest BCUT2D eigenvalue weighted by Crippen LogP contribution is -2.20. The molecule has 0 aromatic heterocycles. The maximum Gasteiger partial charge on any atom is 0.569 e. The van der Waals surface area contributed by atoms with Crippen molar-refractivity contribution >= 4 is 16.5 Å². The molecule has 0 saturated heterocycles. The molecule has 1 N–H and O–H groups in total. The SMILES string of the molecule is CCCCCCCCCCCCO[S+]([O])(=O)ONc1ccccc1. The van der Waals surface area contributed by atoms with Crippen LogP contribution < -0.4 is 5.48 Å². The zero-order valence-corrected chi connectivity index (χ0v) is 15.5. The number of hydrogen-bond acceptors (Lipinski definition) is 4. The molecule has 0 saturated carbocycles. The van der Waals surface area contributed by atoms with Crippen LogP contribution >= 0.6 is 0 Å². The highest BCUT2D eigenvalue weighted by Gasteiger charge is 2.34. The molecule has 137 valence electrons. The van der Waals surface area contributed by atoms with Gasteiger partial charge in [0.15, 0.2) is 0 Å². The molecule has 24 heavy (non-hydrogen) atoms. The molecular formula is C18H31NO4S+. The van der Waals surface area contributed by atoms with Crippen molar-refractivity contribution in [2.24, 2.45) is 0 Å². The van der Waals surface area contributed by atoms with Crippen molar-refractivity contribution in [3.8, 4) is 0 Å². The molecule has 1 atom stereocenters. The van der Waals surface area contributed by atoms with Gasteiger partial charge >= 0.3 is 10.8 Å². The normalized spacial score (nSPS) is 13.6. The molecule has 1 radical (unpaired) electrons. The maximum absolute atomic E-state index is 11.6. The van der Waals surface area contributed by atoms with E-state index in [1.54, 1.807) is 24.3 Å². The van der Waals surface area contributed by atoms with Crippen LogP contribution in [0.3, 0.4) is 0 Å². The van der Waals surface area contributed by atoms with E-state index >= 15 is 0 Å². The Morgan fingerprint density at radius 1 is 0.875 bits per heavy atom. The van der Waals surface area contributed by atoms with Gasteiger partial charge < -0.3 is 0 Å². The summed E-state index contributed by atoms with van der Waals surface area (Å²) in [5, 5.41) is 0. The summed E-state index contributed by atoms with van der Waals surface area (Å²) in [5.74, 6) is 0.